The lowest BCUT2D eigenvalue weighted by Gasteiger charge is -2.26. The minimum atomic E-state index is -3.64. The van der Waals surface area contributed by atoms with Crippen molar-refractivity contribution in [2.45, 2.75) is 23.8 Å². The van der Waals surface area contributed by atoms with Crippen LogP contribution in [0.4, 0.5) is 5.95 Å². The molecule has 2 heterocycles. The molecule has 0 bridgehead atoms. The Balaban J connectivity index is 1.83. The Morgan fingerprint density at radius 2 is 1.77 bits per heavy atom. The molecule has 2 aromatic carbocycles. The van der Waals surface area contributed by atoms with Crippen LogP contribution in [0.25, 0.3) is 11.1 Å². The molecule has 1 aromatic heterocycles. The van der Waals surface area contributed by atoms with Gasteiger partial charge in [-0.15, -0.1) is 0 Å². The van der Waals surface area contributed by atoms with Crippen LogP contribution >= 0.6 is 11.6 Å². The number of sulfonamides is 1. The number of hydrogen-bond donors (Lipinski definition) is 0. The van der Waals surface area contributed by atoms with Crippen LogP contribution in [-0.2, 0) is 10.0 Å². The zero-order chi connectivity index (χ0) is 21.3. The monoisotopic (exact) mass is 442 g/mol. The molecule has 30 heavy (non-hydrogen) atoms. The van der Waals surface area contributed by atoms with Gasteiger partial charge in [-0.05, 0) is 42.7 Å². The van der Waals surface area contributed by atoms with Crippen molar-refractivity contribution in [3.8, 4) is 11.1 Å². The van der Waals surface area contributed by atoms with Crippen LogP contribution in [0, 0.1) is 0 Å². The van der Waals surface area contributed by atoms with Gasteiger partial charge in [-0.3, -0.25) is 0 Å². The molecule has 1 saturated heterocycles. The highest BCUT2D eigenvalue weighted by atomic mass is 35.5. The average molecular weight is 443 g/mol. The molecule has 0 radical (unpaired) electrons. The van der Waals surface area contributed by atoms with Gasteiger partial charge in [0.15, 0.2) is 0 Å². The van der Waals surface area contributed by atoms with Gasteiger partial charge >= 0.3 is 0 Å². The number of hydrogen-bond acceptors (Lipinski definition) is 5. The number of rotatable bonds is 5. The third kappa shape index (κ3) is 3.93. The molecule has 0 saturated carbocycles. The van der Waals surface area contributed by atoms with E-state index in [9.17, 15) is 8.42 Å². The quantitative estimate of drug-likeness (QED) is 0.586. The highest BCUT2D eigenvalue weighted by molar-refractivity contribution is 7.89. The lowest BCUT2D eigenvalue weighted by Crippen LogP contribution is -2.31. The molecule has 1 aliphatic heterocycles. The summed E-state index contributed by atoms with van der Waals surface area (Å²) >= 11 is 6.06. The van der Waals surface area contributed by atoms with Crippen molar-refractivity contribution >= 4 is 27.6 Å². The van der Waals surface area contributed by atoms with E-state index in [4.69, 9.17) is 16.6 Å². The van der Waals surface area contributed by atoms with Crippen molar-refractivity contribution in [3.05, 3.63) is 71.5 Å². The molecule has 1 fully saturated rings. The van der Waals surface area contributed by atoms with Crippen LogP contribution in [-0.4, -0.2) is 43.3 Å². The largest absolute Gasteiger partial charge is 0.347 e. The number of nitrogens with zero attached hydrogens (tertiary/aromatic N) is 4. The lowest BCUT2D eigenvalue weighted by molar-refractivity contribution is 0.391. The maximum absolute atomic E-state index is 13.4. The molecular formula is C22H23ClN4O2S. The van der Waals surface area contributed by atoms with Gasteiger partial charge in [-0.2, -0.15) is 4.31 Å². The van der Waals surface area contributed by atoms with Crippen molar-refractivity contribution in [2.75, 3.05) is 25.5 Å². The molecule has 156 valence electrons. The van der Waals surface area contributed by atoms with E-state index in [1.165, 1.54) is 0 Å². The first kappa shape index (κ1) is 20.8. The van der Waals surface area contributed by atoms with E-state index in [0.717, 1.165) is 17.5 Å². The second-order valence-corrected chi connectivity index (χ2v) is 9.78. The van der Waals surface area contributed by atoms with Crippen molar-refractivity contribution in [2.24, 2.45) is 0 Å². The SMILES string of the molecule is CN(C)c1ncc(-c2ccc(Cl)cc2)c([C@H]2CCCN2S(=O)(=O)c2ccccc2)n1. The Morgan fingerprint density at radius 3 is 2.43 bits per heavy atom. The topological polar surface area (TPSA) is 66.4 Å². The maximum Gasteiger partial charge on any atom is 0.243 e. The summed E-state index contributed by atoms with van der Waals surface area (Å²) in [7, 11) is 0.102. The molecule has 0 amide bonds. The van der Waals surface area contributed by atoms with Crippen molar-refractivity contribution in [1.29, 1.82) is 0 Å². The third-order valence-electron chi connectivity index (χ3n) is 5.23. The molecule has 0 aliphatic carbocycles. The summed E-state index contributed by atoms with van der Waals surface area (Å²) in [5.41, 5.74) is 2.44. The van der Waals surface area contributed by atoms with Crippen molar-refractivity contribution in [3.63, 3.8) is 0 Å². The second kappa shape index (κ2) is 8.34. The first-order chi connectivity index (χ1) is 14.4. The van der Waals surface area contributed by atoms with E-state index in [-0.39, 0.29) is 6.04 Å². The lowest BCUT2D eigenvalue weighted by atomic mass is 10.0. The number of aromatic nitrogens is 2. The Hall–Kier alpha value is -2.48. The standard InChI is InChI=1S/C22H23ClN4O2S/c1-26(2)22-24-15-19(16-10-12-17(23)13-11-16)21(25-22)20-9-6-14-27(20)30(28,29)18-7-4-3-5-8-18/h3-5,7-8,10-13,15,20H,6,9,14H2,1-2H3/t20-/m1/s1. The molecule has 0 spiro atoms. The van der Waals surface area contributed by atoms with E-state index < -0.39 is 10.0 Å². The molecular weight excluding hydrogens is 420 g/mol. The maximum atomic E-state index is 13.4. The normalized spacial score (nSPS) is 17.2. The molecule has 6 nitrogen and oxygen atoms in total. The highest BCUT2D eigenvalue weighted by Crippen LogP contribution is 2.40. The van der Waals surface area contributed by atoms with Crippen LogP contribution in [0.1, 0.15) is 24.6 Å². The van der Waals surface area contributed by atoms with Crippen molar-refractivity contribution < 1.29 is 8.42 Å². The Bertz CT molecular complexity index is 1140. The zero-order valence-electron chi connectivity index (χ0n) is 16.9. The van der Waals surface area contributed by atoms with E-state index in [1.54, 1.807) is 34.8 Å². The van der Waals surface area contributed by atoms with Crippen molar-refractivity contribution in [1.82, 2.24) is 14.3 Å². The summed E-state index contributed by atoms with van der Waals surface area (Å²) in [6.45, 7) is 0.462. The summed E-state index contributed by atoms with van der Waals surface area (Å²) in [5, 5.41) is 0.639. The molecule has 8 heteroatoms. The van der Waals surface area contributed by atoms with Crippen LogP contribution in [0.15, 0.2) is 65.7 Å². The van der Waals surface area contributed by atoms with Gasteiger partial charge in [0.25, 0.3) is 0 Å². The highest BCUT2D eigenvalue weighted by Gasteiger charge is 2.38. The molecule has 3 aromatic rings. The number of halogens is 1. The molecule has 0 N–H and O–H groups in total. The Kier molecular flexibility index (Phi) is 5.77. The van der Waals surface area contributed by atoms with E-state index in [2.05, 4.69) is 4.98 Å². The number of anilines is 1. The predicted molar refractivity (Wildman–Crippen MR) is 119 cm³/mol. The van der Waals surface area contributed by atoms with Gasteiger partial charge in [0, 0.05) is 37.4 Å². The van der Waals surface area contributed by atoms with Crippen LogP contribution < -0.4 is 4.90 Å². The molecule has 0 unspecified atom stereocenters. The fourth-order valence-electron chi connectivity index (χ4n) is 3.74. The smallest absolute Gasteiger partial charge is 0.243 e. The fourth-order valence-corrected chi connectivity index (χ4v) is 5.54. The first-order valence-corrected chi connectivity index (χ1v) is 11.6. The zero-order valence-corrected chi connectivity index (χ0v) is 18.4. The predicted octanol–water partition coefficient (Wildman–Crippen LogP) is 4.39. The minimum Gasteiger partial charge on any atom is -0.347 e. The van der Waals surface area contributed by atoms with E-state index >= 15 is 0 Å². The van der Waals surface area contributed by atoms with E-state index in [1.807, 2.05) is 49.3 Å². The molecule has 1 aliphatic rings. The van der Waals surface area contributed by atoms with Gasteiger partial charge in [0.2, 0.25) is 16.0 Å². The Labute approximate surface area is 182 Å². The first-order valence-electron chi connectivity index (χ1n) is 9.75. The second-order valence-electron chi connectivity index (χ2n) is 7.46. The third-order valence-corrected chi connectivity index (χ3v) is 7.40. The summed E-state index contributed by atoms with van der Waals surface area (Å²) in [6, 6.07) is 15.6. The van der Waals surface area contributed by atoms with Crippen LogP contribution in [0.2, 0.25) is 5.02 Å². The van der Waals surface area contributed by atoms with Gasteiger partial charge in [-0.25, -0.2) is 18.4 Å². The summed E-state index contributed by atoms with van der Waals surface area (Å²) in [6.07, 6.45) is 3.25. The fraction of sp³-hybridized carbons (Fsp3) is 0.273. The van der Waals surface area contributed by atoms with Gasteiger partial charge < -0.3 is 4.90 Å². The van der Waals surface area contributed by atoms with E-state index in [0.29, 0.717) is 34.5 Å². The summed E-state index contributed by atoms with van der Waals surface area (Å²) in [5.74, 6) is 0.548. The Morgan fingerprint density at radius 1 is 1.07 bits per heavy atom. The van der Waals surface area contributed by atoms with Gasteiger partial charge in [0.1, 0.15) is 0 Å². The number of benzene rings is 2. The average Bonchev–Trinajstić information content (AvgIpc) is 3.25. The molecule has 4 rings (SSSR count). The van der Waals surface area contributed by atoms with Gasteiger partial charge in [-0.1, -0.05) is 41.9 Å². The van der Waals surface area contributed by atoms with Crippen LogP contribution in [0.3, 0.4) is 0 Å². The van der Waals surface area contributed by atoms with Gasteiger partial charge in [0.05, 0.1) is 16.6 Å². The molecule has 1 atom stereocenters. The summed E-state index contributed by atoms with van der Waals surface area (Å²) in [4.78, 5) is 11.4. The van der Waals surface area contributed by atoms with Crippen LogP contribution in [0.5, 0.6) is 0 Å². The minimum absolute atomic E-state index is 0.298. The summed E-state index contributed by atoms with van der Waals surface area (Å²) < 4.78 is 28.3.